The number of benzene rings is 1. The summed E-state index contributed by atoms with van der Waals surface area (Å²) in [5, 5.41) is 0.636. The highest BCUT2D eigenvalue weighted by atomic mass is 35.5. The summed E-state index contributed by atoms with van der Waals surface area (Å²) >= 11 is 12.1. The highest BCUT2D eigenvalue weighted by Crippen LogP contribution is 2.42. The summed E-state index contributed by atoms with van der Waals surface area (Å²) < 4.78 is 16.2. The molecule has 0 fully saturated rings. The van der Waals surface area contributed by atoms with Crippen LogP contribution in [0.25, 0.3) is 0 Å². The van der Waals surface area contributed by atoms with Crippen LogP contribution in [0.1, 0.15) is 29.9 Å². The molecule has 2 N–H and O–H groups in total. The minimum atomic E-state index is -0.819. The van der Waals surface area contributed by atoms with Gasteiger partial charge in [0.1, 0.15) is 11.3 Å². The Kier molecular flexibility index (Phi) is 4.98. The maximum Gasteiger partial charge on any atom is 0.340 e. The predicted molar refractivity (Wildman–Crippen MR) is 96.5 cm³/mol. The lowest BCUT2D eigenvalue weighted by Crippen LogP contribution is -2.30. The standard InChI is InChI=1S/C18H15Cl2NO5/c1-3-24-18(23)14-13(9-4-5-10(19)11(20)7-9)16-15(26-17(14)21)12(22)6-8(2)25-16/h4-7,13H,3,21H2,1-2H3. The van der Waals surface area contributed by atoms with Crippen molar-refractivity contribution in [3.63, 3.8) is 0 Å². The number of aryl methyl sites for hydroxylation is 1. The fourth-order valence-corrected chi connectivity index (χ4v) is 3.09. The molecule has 2 heterocycles. The van der Waals surface area contributed by atoms with Crippen LogP contribution in [-0.2, 0) is 9.53 Å². The van der Waals surface area contributed by atoms with E-state index in [9.17, 15) is 9.59 Å². The van der Waals surface area contributed by atoms with E-state index < -0.39 is 17.3 Å². The molecule has 1 aliphatic heterocycles. The van der Waals surface area contributed by atoms with Crippen LogP contribution >= 0.6 is 23.2 Å². The molecule has 3 rings (SSSR count). The summed E-state index contributed by atoms with van der Waals surface area (Å²) in [6, 6.07) is 6.12. The lowest BCUT2D eigenvalue weighted by atomic mass is 9.86. The Morgan fingerprint density at radius 2 is 2.00 bits per heavy atom. The Morgan fingerprint density at radius 1 is 1.27 bits per heavy atom. The van der Waals surface area contributed by atoms with Crippen molar-refractivity contribution < 1.29 is 18.7 Å². The summed E-state index contributed by atoms with van der Waals surface area (Å²) in [6.07, 6.45) is 0. The lowest BCUT2D eigenvalue weighted by molar-refractivity contribution is -0.139. The van der Waals surface area contributed by atoms with Crippen LogP contribution in [0.5, 0.6) is 5.75 Å². The zero-order chi connectivity index (χ0) is 19.0. The van der Waals surface area contributed by atoms with Gasteiger partial charge in [0.15, 0.2) is 5.76 Å². The number of hydrogen-bond acceptors (Lipinski definition) is 6. The van der Waals surface area contributed by atoms with Crippen molar-refractivity contribution in [2.24, 2.45) is 5.73 Å². The Morgan fingerprint density at radius 3 is 2.65 bits per heavy atom. The summed E-state index contributed by atoms with van der Waals surface area (Å²) in [7, 11) is 0. The molecule has 1 aliphatic rings. The van der Waals surface area contributed by atoms with Gasteiger partial charge in [-0.3, -0.25) is 4.79 Å². The summed E-state index contributed by atoms with van der Waals surface area (Å²) in [6.45, 7) is 3.44. The van der Waals surface area contributed by atoms with E-state index in [1.165, 1.54) is 6.07 Å². The number of ether oxygens (including phenoxy) is 2. The number of esters is 1. The zero-order valence-electron chi connectivity index (χ0n) is 14.0. The maximum atomic E-state index is 12.5. The van der Waals surface area contributed by atoms with Crippen LogP contribution in [0, 0.1) is 6.92 Å². The smallest absolute Gasteiger partial charge is 0.340 e. The van der Waals surface area contributed by atoms with Gasteiger partial charge in [-0.15, -0.1) is 0 Å². The second-order valence-corrected chi connectivity index (χ2v) is 6.44. The largest absolute Gasteiger partial charge is 0.462 e. The van der Waals surface area contributed by atoms with Gasteiger partial charge in [-0.2, -0.15) is 0 Å². The molecule has 0 saturated heterocycles. The second-order valence-electron chi connectivity index (χ2n) is 5.62. The van der Waals surface area contributed by atoms with Crippen molar-refractivity contribution in [3.8, 4) is 5.75 Å². The van der Waals surface area contributed by atoms with Crippen LogP contribution in [0.4, 0.5) is 0 Å². The van der Waals surface area contributed by atoms with Crippen LogP contribution in [-0.4, -0.2) is 12.6 Å². The van der Waals surface area contributed by atoms with Gasteiger partial charge in [-0.25, -0.2) is 4.79 Å². The number of rotatable bonds is 3. The average molecular weight is 396 g/mol. The van der Waals surface area contributed by atoms with Crippen LogP contribution < -0.4 is 15.9 Å². The van der Waals surface area contributed by atoms with Gasteiger partial charge >= 0.3 is 5.97 Å². The van der Waals surface area contributed by atoms with E-state index in [4.69, 9.17) is 42.8 Å². The second kappa shape index (κ2) is 7.05. The van der Waals surface area contributed by atoms with Gasteiger partial charge in [-0.1, -0.05) is 29.3 Å². The first kappa shape index (κ1) is 18.4. The number of hydrogen-bond donors (Lipinski definition) is 1. The van der Waals surface area contributed by atoms with Crippen molar-refractivity contribution in [1.29, 1.82) is 0 Å². The lowest BCUT2D eigenvalue weighted by Gasteiger charge is -2.27. The molecule has 1 unspecified atom stereocenters. The van der Waals surface area contributed by atoms with E-state index >= 15 is 0 Å². The number of fused-ring (bicyclic) bond motifs is 1. The first-order valence-corrected chi connectivity index (χ1v) is 8.53. The van der Waals surface area contributed by atoms with E-state index in [1.54, 1.807) is 32.0 Å². The Bertz CT molecular complexity index is 980. The number of nitrogens with two attached hydrogens (primary N) is 1. The summed E-state index contributed by atoms with van der Waals surface area (Å²) in [5.74, 6) is -1.26. The Hall–Kier alpha value is -2.44. The van der Waals surface area contributed by atoms with Crippen molar-refractivity contribution in [2.75, 3.05) is 6.61 Å². The van der Waals surface area contributed by atoms with Gasteiger partial charge in [0.2, 0.25) is 17.1 Å². The first-order valence-electron chi connectivity index (χ1n) is 7.77. The molecule has 1 aromatic carbocycles. The van der Waals surface area contributed by atoms with Gasteiger partial charge in [0, 0.05) is 6.07 Å². The van der Waals surface area contributed by atoms with Crippen molar-refractivity contribution in [1.82, 2.24) is 0 Å². The minimum Gasteiger partial charge on any atom is -0.462 e. The first-order chi connectivity index (χ1) is 12.3. The number of halogens is 2. The molecule has 6 nitrogen and oxygen atoms in total. The Balaban J connectivity index is 2.28. The molecule has 0 bridgehead atoms. The topological polar surface area (TPSA) is 91.8 Å². The number of carbonyl (C=O) groups is 1. The molecule has 26 heavy (non-hydrogen) atoms. The fraction of sp³-hybridized carbons (Fsp3) is 0.222. The monoisotopic (exact) mass is 395 g/mol. The van der Waals surface area contributed by atoms with E-state index in [0.717, 1.165) is 0 Å². The van der Waals surface area contributed by atoms with E-state index in [2.05, 4.69) is 0 Å². The van der Waals surface area contributed by atoms with Crippen molar-refractivity contribution >= 4 is 29.2 Å². The molecule has 1 aromatic heterocycles. The van der Waals surface area contributed by atoms with E-state index in [-0.39, 0.29) is 34.6 Å². The van der Waals surface area contributed by atoms with Gasteiger partial charge in [0.05, 0.1) is 22.6 Å². The molecule has 0 saturated carbocycles. The molecule has 0 aliphatic carbocycles. The molecule has 136 valence electrons. The third-order valence-corrected chi connectivity index (χ3v) is 4.59. The maximum absolute atomic E-state index is 12.5. The Labute approximate surface area is 159 Å². The third-order valence-electron chi connectivity index (χ3n) is 3.85. The number of carbonyl (C=O) groups excluding carboxylic acids is 1. The molecular weight excluding hydrogens is 381 g/mol. The molecule has 0 spiro atoms. The summed E-state index contributed by atoms with van der Waals surface area (Å²) in [4.78, 5) is 24.8. The minimum absolute atomic E-state index is 0.0338. The summed E-state index contributed by atoms with van der Waals surface area (Å²) in [5.41, 5.74) is 6.13. The molecular formula is C18H15Cl2NO5. The molecule has 0 radical (unpaired) electrons. The highest BCUT2D eigenvalue weighted by molar-refractivity contribution is 6.42. The van der Waals surface area contributed by atoms with Gasteiger partial charge in [-0.05, 0) is 31.5 Å². The van der Waals surface area contributed by atoms with E-state index in [1.807, 2.05) is 0 Å². The SMILES string of the molecule is CCOC(=O)C1=C(N)Oc2c(oc(C)cc2=O)C1c1ccc(Cl)c(Cl)c1. The molecule has 0 amide bonds. The van der Waals surface area contributed by atoms with E-state index in [0.29, 0.717) is 16.3 Å². The van der Waals surface area contributed by atoms with Gasteiger partial charge in [0.25, 0.3) is 0 Å². The fourth-order valence-electron chi connectivity index (χ4n) is 2.79. The molecule has 1 atom stereocenters. The van der Waals surface area contributed by atoms with Crippen LogP contribution in [0.2, 0.25) is 10.0 Å². The quantitative estimate of drug-likeness (QED) is 0.799. The normalized spacial score (nSPS) is 16.1. The van der Waals surface area contributed by atoms with Crippen molar-refractivity contribution in [3.05, 3.63) is 73.1 Å². The zero-order valence-corrected chi connectivity index (χ0v) is 15.5. The van der Waals surface area contributed by atoms with Crippen LogP contribution in [0.15, 0.2) is 44.9 Å². The highest BCUT2D eigenvalue weighted by Gasteiger charge is 2.39. The van der Waals surface area contributed by atoms with Crippen LogP contribution in [0.3, 0.4) is 0 Å². The average Bonchev–Trinajstić information content (AvgIpc) is 2.57. The third kappa shape index (κ3) is 3.18. The molecule has 2 aromatic rings. The molecule has 8 heteroatoms. The van der Waals surface area contributed by atoms with Crippen molar-refractivity contribution in [2.45, 2.75) is 19.8 Å². The predicted octanol–water partition coefficient (Wildman–Crippen LogP) is 3.51. The van der Waals surface area contributed by atoms with Gasteiger partial charge < -0.3 is 19.6 Å².